The Hall–Kier alpha value is -2.82. The largest absolute Gasteiger partial charge is 0.472 e. The lowest BCUT2D eigenvalue weighted by Gasteiger charge is -2.21. The summed E-state index contributed by atoms with van der Waals surface area (Å²) in [5, 5.41) is 9.73. The first kappa shape index (κ1) is 61.2. The first-order chi connectivity index (χ1) is 31.2. The molecule has 0 aliphatic rings. The van der Waals surface area contributed by atoms with E-state index in [1.165, 1.54) is 57.8 Å². The minimum Gasteiger partial charge on any atom is -0.462 e. The molecule has 2 N–H and O–H groups in total. The van der Waals surface area contributed by atoms with Gasteiger partial charge in [0.1, 0.15) is 12.7 Å². The fourth-order valence-corrected chi connectivity index (χ4v) is 7.36. The molecule has 0 amide bonds. The van der Waals surface area contributed by atoms with Crippen LogP contribution in [0.1, 0.15) is 213 Å². The first-order valence-corrected chi connectivity index (χ1v) is 26.7. The number of rotatable bonds is 46. The summed E-state index contributed by atoms with van der Waals surface area (Å²) < 4.78 is 39.2. The van der Waals surface area contributed by atoms with E-state index in [1.54, 1.807) is 0 Å². The lowest BCUT2D eigenvalue weighted by atomic mass is 10.1. The quantitative estimate of drug-likeness (QED) is 0.0197. The number of esters is 3. The zero-order valence-corrected chi connectivity index (χ0v) is 41.4. The molecule has 64 heavy (non-hydrogen) atoms. The van der Waals surface area contributed by atoms with Crippen LogP contribution in [-0.2, 0) is 42.2 Å². The van der Waals surface area contributed by atoms with E-state index in [9.17, 15) is 28.9 Å². The van der Waals surface area contributed by atoms with E-state index in [-0.39, 0.29) is 25.9 Å². The van der Waals surface area contributed by atoms with Gasteiger partial charge in [-0.1, -0.05) is 171 Å². The van der Waals surface area contributed by atoms with Gasteiger partial charge in [0, 0.05) is 19.3 Å². The monoisotopic (exact) mass is 923 g/mol. The maximum absolute atomic E-state index is 12.8. The molecule has 3 unspecified atom stereocenters. The van der Waals surface area contributed by atoms with Crippen LogP contribution in [0.5, 0.6) is 0 Å². The van der Waals surface area contributed by atoms with Gasteiger partial charge in [-0.25, -0.2) is 4.57 Å². The third kappa shape index (κ3) is 44.4. The van der Waals surface area contributed by atoms with Crippen molar-refractivity contribution in [2.24, 2.45) is 0 Å². The third-order valence-electron chi connectivity index (χ3n) is 10.4. The minimum absolute atomic E-state index is 0.114. The second-order valence-corrected chi connectivity index (χ2v) is 18.1. The first-order valence-electron chi connectivity index (χ1n) is 25.2. The molecule has 0 aliphatic heterocycles. The highest BCUT2D eigenvalue weighted by Crippen LogP contribution is 2.43. The summed E-state index contributed by atoms with van der Waals surface area (Å²) in [6, 6.07) is 0. The lowest BCUT2D eigenvalue weighted by molar-refractivity contribution is -0.161. The SMILES string of the molecule is CC/C=C\C/C=C\C/C=C\C/C=C\CCCCC(=O)OC(COC(=O)CCCCCCC/C=C\CCCCCC)COP(=O)(O)OCC(CO)OC(=O)CCCCCCCCCCC. The van der Waals surface area contributed by atoms with Crippen LogP contribution < -0.4 is 0 Å². The number of hydrogen-bond acceptors (Lipinski definition) is 10. The molecule has 0 saturated heterocycles. The van der Waals surface area contributed by atoms with Gasteiger partial charge in [0.2, 0.25) is 0 Å². The molecular formula is C52H91O11P. The third-order valence-corrected chi connectivity index (χ3v) is 11.4. The van der Waals surface area contributed by atoms with E-state index in [4.69, 9.17) is 23.3 Å². The topological polar surface area (TPSA) is 155 Å². The van der Waals surface area contributed by atoms with Gasteiger partial charge in [-0.2, -0.15) is 0 Å². The summed E-state index contributed by atoms with van der Waals surface area (Å²) in [6.07, 6.45) is 47.8. The van der Waals surface area contributed by atoms with Gasteiger partial charge >= 0.3 is 25.7 Å². The van der Waals surface area contributed by atoms with Gasteiger partial charge in [0.15, 0.2) is 6.10 Å². The molecule has 0 rings (SSSR count). The predicted octanol–water partition coefficient (Wildman–Crippen LogP) is 14.0. The molecule has 11 nitrogen and oxygen atoms in total. The fraction of sp³-hybridized carbons (Fsp3) is 0.750. The predicted molar refractivity (Wildman–Crippen MR) is 261 cm³/mol. The summed E-state index contributed by atoms with van der Waals surface area (Å²) in [7, 11) is -4.75. The highest BCUT2D eigenvalue weighted by Gasteiger charge is 2.28. The van der Waals surface area contributed by atoms with Gasteiger partial charge in [0.05, 0.1) is 19.8 Å². The van der Waals surface area contributed by atoms with Gasteiger partial charge in [-0.15, -0.1) is 0 Å². The molecule has 0 heterocycles. The Balaban J connectivity index is 4.84. The number of phosphoric ester groups is 1. The Morgan fingerprint density at radius 3 is 1.31 bits per heavy atom. The molecule has 0 fully saturated rings. The summed E-state index contributed by atoms with van der Waals surface area (Å²) in [5.74, 6) is -1.53. The van der Waals surface area contributed by atoms with Crippen LogP contribution >= 0.6 is 7.82 Å². The number of phosphoric acid groups is 1. The van der Waals surface area contributed by atoms with Crippen molar-refractivity contribution < 1.29 is 52.2 Å². The average molecular weight is 923 g/mol. The highest BCUT2D eigenvalue weighted by atomic mass is 31.2. The normalized spacial score (nSPS) is 14.0. The molecule has 0 aromatic rings. The molecular weight excluding hydrogens is 832 g/mol. The molecule has 0 radical (unpaired) electrons. The maximum atomic E-state index is 12.8. The zero-order valence-electron chi connectivity index (χ0n) is 40.5. The molecule has 0 aromatic carbocycles. The number of aliphatic hydroxyl groups is 1. The number of unbranched alkanes of at least 4 members (excludes halogenated alkanes) is 19. The molecule has 0 aliphatic carbocycles. The lowest BCUT2D eigenvalue weighted by Crippen LogP contribution is -2.30. The number of ether oxygens (including phenoxy) is 3. The van der Waals surface area contributed by atoms with Gasteiger partial charge in [-0.05, 0) is 83.5 Å². The minimum atomic E-state index is -4.75. The van der Waals surface area contributed by atoms with E-state index in [0.717, 1.165) is 96.3 Å². The van der Waals surface area contributed by atoms with Gasteiger partial charge in [0.25, 0.3) is 0 Å². The number of carbonyl (C=O) groups excluding carboxylic acids is 3. The van der Waals surface area contributed by atoms with Crippen LogP contribution in [0, 0.1) is 0 Å². The zero-order chi connectivity index (χ0) is 47.0. The van der Waals surface area contributed by atoms with Gasteiger partial charge in [-0.3, -0.25) is 23.4 Å². The number of carbonyl (C=O) groups is 3. The standard InChI is InChI=1S/C52H91O11P/c1-4-7-10-13-16-19-21-23-24-26-28-31-34-37-40-43-52(56)63-49(45-59-50(54)41-38-35-32-30-27-25-22-20-17-14-11-8-5-2)47-61-64(57,58)60-46-48(44-53)62-51(55)42-39-36-33-29-18-15-12-9-6-3/h7,10,16,19-20,22-24,28,31,48-49,53H,4-6,8-9,11-15,17-18,21,25-27,29-30,32-47H2,1-3H3,(H,57,58)/b10-7-,19-16-,22-20-,24-23-,31-28-. The van der Waals surface area contributed by atoms with Crippen molar-refractivity contribution in [3.63, 3.8) is 0 Å². The second kappa shape index (κ2) is 46.7. The van der Waals surface area contributed by atoms with Crippen molar-refractivity contribution in [2.45, 2.75) is 226 Å². The summed E-state index contributed by atoms with van der Waals surface area (Å²) in [4.78, 5) is 48.1. The van der Waals surface area contributed by atoms with Crippen LogP contribution in [0.25, 0.3) is 0 Å². The Morgan fingerprint density at radius 1 is 0.453 bits per heavy atom. The van der Waals surface area contributed by atoms with E-state index in [2.05, 4.69) is 81.5 Å². The van der Waals surface area contributed by atoms with Crippen molar-refractivity contribution in [3.8, 4) is 0 Å². The summed E-state index contributed by atoms with van der Waals surface area (Å²) in [5.41, 5.74) is 0. The Bertz CT molecular complexity index is 1310. The van der Waals surface area contributed by atoms with Crippen LogP contribution in [0.15, 0.2) is 60.8 Å². The van der Waals surface area contributed by atoms with Crippen molar-refractivity contribution in [3.05, 3.63) is 60.8 Å². The molecule has 12 heteroatoms. The van der Waals surface area contributed by atoms with Crippen molar-refractivity contribution in [1.82, 2.24) is 0 Å². The average Bonchev–Trinajstić information content (AvgIpc) is 3.28. The van der Waals surface area contributed by atoms with Crippen LogP contribution in [0.2, 0.25) is 0 Å². The number of allylic oxidation sites excluding steroid dienone is 10. The van der Waals surface area contributed by atoms with Crippen LogP contribution in [-0.4, -0.2) is 66.5 Å². The van der Waals surface area contributed by atoms with Crippen LogP contribution in [0.3, 0.4) is 0 Å². The smallest absolute Gasteiger partial charge is 0.462 e. The summed E-state index contributed by atoms with van der Waals surface area (Å²) >= 11 is 0. The van der Waals surface area contributed by atoms with Crippen LogP contribution in [0.4, 0.5) is 0 Å². The molecule has 370 valence electrons. The second-order valence-electron chi connectivity index (χ2n) is 16.6. The molecule has 0 saturated carbocycles. The van der Waals surface area contributed by atoms with Crippen molar-refractivity contribution in [2.75, 3.05) is 26.4 Å². The van der Waals surface area contributed by atoms with Gasteiger partial charge < -0.3 is 24.2 Å². The Labute approximate surface area is 389 Å². The molecule has 3 atom stereocenters. The molecule has 0 spiro atoms. The molecule has 0 bridgehead atoms. The van der Waals surface area contributed by atoms with Crippen molar-refractivity contribution in [1.29, 1.82) is 0 Å². The summed E-state index contributed by atoms with van der Waals surface area (Å²) in [6.45, 7) is 4.41. The van der Waals surface area contributed by atoms with E-state index in [1.807, 2.05) is 0 Å². The Kier molecular flexibility index (Phi) is 44.6. The van der Waals surface area contributed by atoms with E-state index < -0.39 is 57.8 Å². The fourth-order valence-electron chi connectivity index (χ4n) is 6.58. The van der Waals surface area contributed by atoms with Crippen molar-refractivity contribution >= 4 is 25.7 Å². The molecule has 0 aromatic heterocycles. The Morgan fingerprint density at radius 2 is 0.812 bits per heavy atom. The van der Waals surface area contributed by atoms with E-state index >= 15 is 0 Å². The highest BCUT2D eigenvalue weighted by molar-refractivity contribution is 7.47. The van der Waals surface area contributed by atoms with E-state index in [0.29, 0.717) is 19.3 Å². The number of hydrogen-bond donors (Lipinski definition) is 2. The number of aliphatic hydroxyl groups excluding tert-OH is 1. The maximum Gasteiger partial charge on any atom is 0.472 e.